The average Bonchev–Trinajstić information content (AvgIpc) is 2.71. The number of carbonyl (C=O) groups excluding carboxylic acids is 3. The third kappa shape index (κ3) is 6.46. The summed E-state index contributed by atoms with van der Waals surface area (Å²) in [6.07, 6.45) is 1.08. The van der Waals surface area contributed by atoms with Crippen LogP contribution in [0.5, 0.6) is 5.75 Å². The first-order valence-electron chi connectivity index (χ1n) is 8.80. The van der Waals surface area contributed by atoms with Gasteiger partial charge in [0.05, 0.1) is 7.11 Å². The second kappa shape index (κ2) is 10.6. The molecule has 0 saturated carbocycles. The van der Waals surface area contributed by atoms with E-state index in [1.807, 2.05) is 0 Å². The van der Waals surface area contributed by atoms with Crippen molar-refractivity contribution in [2.75, 3.05) is 13.7 Å². The molecule has 0 spiro atoms. The molecule has 0 aliphatic heterocycles. The number of urea groups is 1. The van der Waals surface area contributed by atoms with Gasteiger partial charge in [0.25, 0.3) is 5.91 Å². The number of imide groups is 1. The summed E-state index contributed by atoms with van der Waals surface area (Å²) in [5.41, 5.74) is 0.801. The lowest BCUT2D eigenvalue weighted by atomic mass is 10.1. The number of benzene rings is 2. The van der Waals surface area contributed by atoms with Crippen molar-refractivity contribution in [3.63, 3.8) is 0 Å². The number of nitrogens with one attached hydrogen (secondary N) is 2. The minimum atomic E-state index is -1.33. The van der Waals surface area contributed by atoms with Crippen LogP contribution < -0.4 is 15.4 Å². The van der Waals surface area contributed by atoms with Gasteiger partial charge in [0.2, 0.25) is 6.10 Å². The highest BCUT2D eigenvalue weighted by atomic mass is 19.1. The number of esters is 1. The van der Waals surface area contributed by atoms with E-state index >= 15 is 0 Å². The van der Waals surface area contributed by atoms with Crippen molar-refractivity contribution in [3.8, 4) is 5.75 Å². The zero-order valence-corrected chi connectivity index (χ0v) is 16.0. The summed E-state index contributed by atoms with van der Waals surface area (Å²) in [5, 5.41) is 4.55. The maximum absolute atomic E-state index is 13.7. The fourth-order valence-electron chi connectivity index (χ4n) is 2.39. The van der Waals surface area contributed by atoms with E-state index in [2.05, 4.69) is 10.6 Å². The Bertz CT molecular complexity index is 899. The summed E-state index contributed by atoms with van der Waals surface area (Å²) in [7, 11) is 1.35. The van der Waals surface area contributed by atoms with Gasteiger partial charge in [-0.15, -0.1) is 0 Å². The van der Waals surface area contributed by atoms with Crippen molar-refractivity contribution in [2.45, 2.75) is 13.0 Å². The molecule has 2 rings (SSSR count). The van der Waals surface area contributed by atoms with Crippen LogP contribution in [-0.2, 0) is 14.3 Å². The van der Waals surface area contributed by atoms with E-state index in [4.69, 9.17) is 9.47 Å². The van der Waals surface area contributed by atoms with Gasteiger partial charge in [0, 0.05) is 18.2 Å². The second-order valence-electron chi connectivity index (χ2n) is 5.80. The fourth-order valence-corrected chi connectivity index (χ4v) is 2.39. The summed E-state index contributed by atoms with van der Waals surface area (Å²) < 4.78 is 23.8. The van der Waals surface area contributed by atoms with Gasteiger partial charge in [0.15, 0.2) is 11.6 Å². The molecule has 0 aliphatic rings. The zero-order valence-electron chi connectivity index (χ0n) is 16.0. The van der Waals surface area contributed by atoms with Gasteiger partial charge in [0.1, 0.15) is 0 Å². The van der Waals surface area contributed by atoms with Crippen molar-refractivity contribution in [3.05, 3.63) is 71.6 Å². The lowest BCUT2D eigenvalue weighted by molar-refractivity contribution is -0.151. The third-order valence-corrected chi connectivity index (χ3v) is 3.74. The summed E-state index contributed by atoms with van der Waals surface area (Å²) in [6.45, 7) is 2.03. The predicted octanol–water partition coefficient (Wildman–Crippen LogP) is 2.98. The smallest absolute Gasteiger partial charge is 0.331 e. The lowest BCUT2D eigenvalue weighted by Gasteiger charge is -2.16. The molecule has 0 saturated heterocycles. The Hall–Kier alpha value is -3.68. The van der Waals surface area contributed by atoms with Crippen LogP contribution in [0.1, 0.15) is 24.2 Å². The molecular weight excluding hydrogens is 379 g/mol. The topological polar surface area (TPSA) is 93.7 Å². The summed E-state index contributed by atoms with van der Waals surface area (Å²) >= 11 is 0. The summed E-state index contributed by atoms with van der Waals surface area (Å²) in [6, 6.07) is 11.8. The highest BCUT2D eigenvalue weighted by molar-refractivity contribution is 5.98. The van der Waals surface area contributed by atoms with E-state index < -0.39 is 29.8 Å². The molecule has 0 unspecified atom stereocenters. The maximum atomic E-state index is 13.7. The number of hydrogen-bond acceptors (Lipinski definition) is 5. The van der Waals surface area contributed by atoms with Crippen molar-refractivity contribution < 1.29 is 28.2 Å². The Kier molecular flexibility index (Phi) is 7.90. The Balaban J connectivity index is 2.13. The molecular formula is C21H21FN2O5. The first kappa shape index (κ1) is 21.6. The van der Waals surface area contributed by atoms with Gasteiger partial charge in [-0.2, -0.15) is 0 Å². The average molecular weight is 400 g/mol. The molecule has 152 valence electrons. The van der Waals surface area contributed by atoms with E-state index in [0.717, 1.165) is 6.08 Å². The number of halogens is 1. The molecule has 29 heavy (non-hydrogen) atoms. The first-order valence-corrected chi connectivity index (χ1v) is 8.80. The third-order valence-electron chi connectivity index (χ3n) is 3.74. The van der Waals surface area contributed by atoms with Crippen molar-refractivity contribution in [1.82, 2.24) is 10.6 Å². The molecule has 0 aliphatic carbocycles. The van der Waals surface area contributed by atoms with Gasteiger partial charge >= 0.3 is 12.0 Å². The first-order chi connectivity index (χ1) is 13.9. The van der Waals surface area contributed by atoms with Gasteiger partial charge in [-0.3, -0.25) is 10.1 Å². The molecule has 0 fully saturated rings. The number of carbonyl (C=O) groups is 3. The van der Waals surface area contributed by atoms with Crippen LogP contribution in [0.4, 0.5) is 9.18 Å². The van der Waals surface area contributed by atoms with Crippen LogP contribution in [-0.4, -0.2) is 31.6 Å². The summed E-state index contributed by atoms with van der Waals surface area (Å²) in [4.78, 5) is 36.3. The number of hydrogen-bond donors (Lipinski definition) is 2. The second-order valence-corrected chi connectivity index (χ2v) is 5.80. The van der Waals surface area contributed by atoms with Crippen LogP contribution in [0.2, 0.25) is 0 Å². The SMILES string of the molecule is CCNC(=O)NC(=O)[C@H](OC(=O)/C=C/c1ccc(OC)c(F)c1)c1ccccc1. The van der Waals surface area contributed by atoms with Crippen LogP contribution in [0.15, 0.2) is 54.6 Å². The van der Waals surface area contributed by atoms with Crippen molar-refractivity contribution >= 4 is 24.0 Å². The molecule has 7 nitrogen and oxygen atoms in total. The molecule has 0 bridgehead atoms. The monoisotopic (exact) mass is 400 g/mol. The number of rotatable bonds is 7. The summed E-state index contributed by atoms with van der Waals surface area (Å²) in [5.74, 6) is -2.12. The molecule has 2 N–H and O–H groups in total. The highest BCUT2D eigenvalue weighted by Gasteiger charge is 2.25. The molecule has 3 amide bonds. The van der Waals surface area contributed by atoms with Crippen molar-refractivity contribution in [2.24, 2.45) is 0 Å². The van der Waals surface area contributed by atoms with Gasteiger partial charge < -0.3 is 14.8 Å². The van der Waals surface area contributed by atoms with E-state index in [-0.39, 0.29) is 5.75 Å². The number of amides is 3. The van der Waals surface area contributed by atoms with Gasteiger partial charge in [-0.05, 0) is 30.7 Å². The van der Waals surface area contributed by atoms with Crippen LogP contribution in [0, 0.1) is 5.82 Å². The van der Waals surface area contributed by atoms with Crippen molar-refractivity contribution in [1.29, 1.82) is 0 Å². The Morgan fingerprint density at radius 2 is 1.86 bits per heavy atom. The predicted molar refractivity (Wildman–Crippen MR) is 104 cm³/mol. The molecule has 2 aromatic carbocycles. The quantitative estimate of drug-likeness (QED) is 0.551. The van der Waals surface area contributed by atoms with Crippen LogP contribution in [0.25, 0.3) is 6.08 Å². The lowest BCUT2D eigenvalue weighted by Crippen LogP contribution is -2.42. The highest BCUT2D eigenvalue weighted by Crippen LogP contribution is 2.20. The maximum Gasteiger partial charge on any atom is 0.331 e. The van der Waals surface area contributed by atoms with E-state index in [1.165, 1.54) is 25.3 Å². The van der Waals surface area contributed by atoms with Gasteiger partial charge in [-0.1, -0.05) is 36.4 Å². The zero-order chi connectivity index (χ0) is 21.2. The standard InChI is InChI=1S/C21H21FN2O5/c1-3-23-21(27)24-20(26)19(15-7-5-4-6-8-15)29-18(25)12-10-14-9-11-17(28-2)16(22)13-14/h4-13,19H,3H2,1-2H3,(H2,23,24,26,27)/b12-10+/t19-/m1/s1. The molecule has 2 aromatic rings. The van der Waals surface area contributed by atoms with E-state index in [9.17, 15) is 18.8 Å². The largest absolute Gasteiger partial charge is 0.494 e. The van der Waals surface area contributed by atoms with Crippen LogP contribution in [0.3, 0.4) is 0 Å². The Morgan fingerprint density at radius 3 is 2.48 bits per heavy atom. The van der Waals surface area contributed by atoms with E-state index in [1.54, 1.807) is 43.3 Å². The Labute approximate surface area is 167 Å². The minimum Gasteiger partial charge on any atom is -0.494 e. The van der Waals surface area contributed by atoms with Crippen LogP contribution >= 0.6 is 0 Å². The number of ether oxygens (including phenoxy) is 2. The molecule has 0 aromatic heterocycles. The van der Waals surface area contributed by atoms with E-state index in [0.29, 0.717) is 17.7 Å². The molecule has 1 atom stereocenters. The Morgan fingerprint density at radius 1 is 1.14 bits per heavy atom. The molecule has 8 heteroatoms. The molecule has 0 heterocycles. The minimum absolute atomic E-state index is 0.0795. The fraction of sp³-hybridized carbons (Fsp3) is 0.190. The number of methoxy groups -OCH3 is 1. The molecule has 0 radical (unpaired) electrons. The normalized spacial score (nSPS) is 11.6. The van der Waals surface area contributed by atoms with Gasteiger partial charge in [-0.25, -0.2) is 14.0 Å².